The molecule has 2 aliphatic heterocycles. The first-order valence-electron chi connectivity index (χ1n) is 14.8. The number of nitrogens with zero attached hydrogens (tertiary/aromatic N) is 1. The molecule has 2 aliphatic rings. The van der Waals surface area contributed by atoms with E-state index in [0.717, 1.165) is 11.1 Å². The molecule has 10 nitrogen and oxygen atoms in total. The van der Waals surface area contributed by atoms with Crippen molar-refractivity contribution in [1.82, 2.24) is 5.32 Å². The van der Waals surface area contributed by atoms with Gasteiger partial charge in [0.25, 0.3) is 11.8 Å². The molecule has 1 fully saturated rings. The van der Waals surface area contributed by atoms with E-state index in [0.29, 0.717) is 44.6 Å². The van der Waals surface area contributed by atoms with Crippen LogP contribution >= 0.6 is 11.8 Å². The first kappa shape index (κ1) is 31.4. The number of amides is 4. The number of ether oxygens (including phenoxy) is 3. The minimum atomic E-state index is -0.614. The van der Waals surface area contributed by atoms with Gasteiger partial charge in [0.2, 0.25) is 24.4 Å². The highest BCUT2D eigenvalue weighted by Crippen LogP contribution is 2.42. The third-order valence-corrected chi connectivity index (χ3v) is 8.92. The Morgan fingerprint density at radius 1 is 0.936 bits per heavy atom. The van der Waals surface area contributed by atoms with Gasteiger partial charge in [-0.3, -0.25) is 19.2 Å². The maximum atomic E-state index is 13.7. The van der Waals surface area contributed by atoms with E-state index >= 15 is 0 Å². The molecule has 0 aromatic heterocycles. The van der Waals surface area contributed by atoms with Gasteiger partial charge in [-0.15, -0.1) is 11.8 Å². The highest BCUT2D eigenvalue weighted by molar-refractivity contribution is 8.00. The zero-order valence-corrected chi connectivity index (χ0v) is 26.7. The lowest BCUT2D eigenvalue weighted by molar-refractivity contribution is -0.121. The maximum absolute atomic E-state index is 13.7. The zero-order chi connectivity index (χ0) is 33.1. The largest absolute Gasteiger partial charge is 0.493 e. The number of anilines is 2. The standard InChI is InChI=1S/C36H31N3O7S/c1-21-12-13-26(14-22(21)2)39-32(40)19-31(36(39)43)47-27-11-7-10-25(18-27)37-35(42)28(38-34(41)24-8-5-4-6-9-24)15-23-16-29(44-3)33-30(17-23)45-20-46-33/h4-18,31H,19-20H2,1-3H3,(H,37,42)(H,38,41)/b28-15-/t31-/m1/s1. The van der Waals surface area contributed by atoms with Crippen LogP contribution in [0, 0.1) is 13.8 Å². The van der Waals surface area contributed by atoms with E-state index in [1.54, 1.807) is 66.7 Å². The summed E-state index contributed by atoms with van der Waals surface area (Å²) in [7, 11) is 1.50. The first-order chi connectivity index (χ1) is 22.7. The van der Waals surface area contributed by atoms with Crippen molar-refractivity contribution in [2.45, 2.75) is 30.4 Å². The molecule has 4 aromatic carbocycles. The number of hydrogen-bond acceptors (Lipinski definition) is 8. The van der Waals surface area contributed by atoms with Crippen molar-refractivity contribution in [3.8, 4) is 17.2 Å². The van der Waals surface area contributed by atoms with Crippen molar-refractivity contribution >= 4 is 52.8 Å². The van der Waals surface area contributed by atoms with Gasteiger partial charge in [0.05, 0.1) is 18.0 Å². The van der Waals surface area contributed by atoms with E-state index in [9.17, 15) is 19.2 Å². The second kappa shape index (κ2) is 13.4. The molecule has 47 heavy (non-hydrogen) atoms. The number of carbonyl (C=O) groups excluding carboxylic acids is 4. The molecule has 238 valence electrons. The van der Waals surface area contributed by atoms with E-state index in [-0.39, 0.29) is 30.7 Å². The van der Waals surface area contributed by atoms with Gasteiger partial charge >= 0.3 is 0 Å². The SMILES string of the molecule is COc1cc(/C=C(\NC(=O)c2ccccc2)C(=O)Nc2cccc(S[C@@H]3CC(=O)N(c4ccc(C)c(C)c4)C3=O)c2)cc2c1OCO2. The Kier molecular flexibility index (Phi) is 8.99. The molecular formula is C36H31N3O7S. The zero-order valence-electron chi connectivity index (χ0n) is 25.9. The van der Waals surface area contributed by atoms with Gasteiger partial charge in [0.15, 0.2) is 11.5 Å². The first-order valence-corrected chi connectivity index (χ1v) is 15.7. The highest BCUT2D eigenvalue weighted by atomic mass is 32.2. The summed E-state index contributed by atoms with van der Waals surface area (Å²) in [5.41, 5.74) is 3.94. The van der Waals surface area contributed by atoms with Crippen LogP contribution in [0.2, 0.25) is 0 Å². The average molecular weight is 650 g/mol. The van der Waals surface area contributed by atoms with Gasteiger partial charge in [0.1, 0.15) is 5.70 Å². The predicted molar refractivity (Wildman–Crippen MR) is 179 cm³/mol. The fourth-order valence-corrected chi connectivity index (χ4v) is 6.30. The molecule has 1 atom stereocenters. The highest BCUT2D eigenvalue weighted by Gasteiger charge is 2.40. The molecule has 0 spiro atoms. The Balaban J connectivity index is 1.22. The Morgan fingerprint density at radius 3 is 2.51 bits per heavy atom. The van der Waals surface area contributed by atoms with Crippen molar-refractivity contribution in [3.05, 3.63) is 113 Å². The van der Waals surface area contributed by atoms with Crippen molar-refractivity contribution < 1.29 is 33.4 Å². The number of rotatable bonds is 9. The fourth-order valence-electron chi connectivity index (χ4n) is 5.18. The molecular weight excluding hydrogens is 618 g/mol. The second-order valence-corrected chi connectivity index (χ2v) is 12.2. The summed E-state index contributed by atoms with van der Waals surface area (Å²) in [6.07, 6.45) is 1.58. The van der Waals surface area contributed by atoms with Crippen LogP contribution in [0.4, 0.5) is 11.4 Å². The molecule has 6 rings (SSSR count). The summed E-state index contributed by atoms with van der Waals surface area (Å²) in [6, 6.07) is 24.4. The molecule has 4 aromatic rings. The van der Waals surface area contributed by atoms with Gasteiger partial charge in [-0.2, -0.15) is 0 Å². The lowest BCUT2D eigenvalue weighted by Crippen LogP contribution is -2.31. The number of thioether (sulfide) groups is 1. The van der Waals surface area contributed by atoms with E-state index < -0.39 is 17.1 Å². The van der Waals surface area contributed by atoms with E-state index in [4.69, 9.17) is 14.2 Å². The average Bonchev–Trinajstić information content (AvgIpc) is 3.65. The lowest BCUT2D eigenvalue weighted by Gasteiger charge is -2.16. The number of aryl methyl sites for hydroxylation is 2. The summed E-state index contributed by atoms with van der Waals surface area (Å²) in [6.45, 7) is 3.95. The number of nitrogens with one attached hydrogen (secondary N) is 2. The quantitative estimate of drug-likeness (QED) is 0.170. The fraction of sp³-hybridized carbons (Fsp3) is 0.167. The van der Waals surface area contributed by atoms with Gasteiger partial charge in [-0.1, -0.05) is 30.3 Å². The smallest absolute Gasteiger partial charge is 0.272 e. The second-order valence-electron chi connectivity index (χ2n) is 11.0. The van der Waals surface area contributed by atoms with Crippen molar-refractivity contribution in [3.63, 3.8) is 0 Å². The lowest BCUT2D eigenvalue weighted by atomic mass is 10.1. The van der Waals surface area contributed by atoms with Gasteiger partial charge < -0.3 is 24.8 Å². The van der Waals surface area contributed by atoms with Crippen LogP contribution in [0.3, 0.4) is 0 Å². The molecule has 2 heterocycles. The minimum Gasteiger partial charge on any atom is -0.493 e. The summed E-state index contributed by atoms with van der Waals surface area (Å²) < 4.78 is 16.4. The van der Waals surface area contributed by atoms with Crippen LogP contribution in [0.25, 0.3) is 6.08 Å². The number of carbonyl (C=O) groups is 4. The predicted octanol–water partition coefficient (Wildman–Crippen LogP) is 5.87. The Hall–Kier alpha value is -5.55. The Bertz CT molecular complexity index is 1930. The van der Waals surface area contributed by atoms with E-state index in [1.165, 1.54) is 29.8 Å². The van der Waals surface area contributed by atoms with Gasteiger partial charge in [0, 0.05) is 22.6 Å². The van der Waals surface area contributed by atoms with Crippen molar-refractivity contribution in [2.75, 3.05) is 24.1 Å². The van der Waals surface area contributed by atoms with Gasteiger partial charge in [-0.25, -0.2) is 4.90 Å². The topological polar surface area (TPSA) is 123 Å². The summed E-state index contributed by atoms with van der Waals surface area (Å²) in [5, 5.41) is 4.96. The molecule has 0 aliphatic carbocycles. The number of imide groups is 1. The monoisotopic (exact) mass is 649 g/mol. The third kappa shape index (κ3) is 6.85. The molecule has 2 N–H and O–H groups in total. The van der Waals surface area contributed by atoms with Crippen LogP contribution in [-0.2, 0) is 14.4 Å². The van der Waals surface area contributed by atoms with Crippen LogP contribution in [-0.4, -0.2) is 42.8 Å². The molecule has 1 saturated heterocycles. The van der Waals surface area contributed by atoms with Crippen LogP contribution in [0.5, 0.6) is 17.2 Å². The number of hydrogen-bond donors (Lipinski definition) is 2. The minimum absolute atomic E-state index is 0.0292. The van der Waals surface area contributed by atoms with Crippen molar-refractivity contribution in [1.29, 1.82) is 0 Å². The number of methoxy groups -OCH3 is 1. The van der Waals surface area contributed by atoms with Gasteiger partial charge in [-0.05, 0) is 91.2 Å². The number of benzene rings is 4. The Morgan fingerprint density at radius 2 is 1.74 bits per heavy atom. The van der Waals surface area contributed by atoms with Crippen molar-refractivity contribution in [2.24, 2.45) is 0 Å². The molecule has 4 amide bonds. The molecule has 0 radical (unpaired) electrons. The van der Waals surface area contributed by atoms with E-state index in [2.05, 4.69) is 10.6 Å². The third-order valence-electron chi connectivity index (χ3n) is 7.74. The Labute approximate surface area is 275 Å². The van der Waals surface area contributed by atoms with Crippen LogP contribution in [0.1, 0.15) is 33.5 Å². The maximum Gasteiger partial charge on any atom is 0.272 e. The summed E-state index contributed by atoms with van der Waals surface area (Å²) >= 11 is 1.26. The van der Waals surface area contributed by atoms with Crippen LogP contribution < -0.4 is 29.7 Å². The normalized spacial score (nSPS) is 15.5. The number of fused-ring (bicyclic) bond motifs is 1. The molecule has 11 heteroatoms. The summed E-state index contributed by atoms with van der Waals surface area (Å²) in [4.78, 5) is 54.9. The summed E-state index contributed by atoms with van der Waals surface area (Å²) in [5.74, 6) is -0.276. The molecule has 0 bridgehead atoms. The van der Waals surface area contributed by atoms with E-state index in [1.807, 2.05) is 32.0 Å². The molecule has 0 unspecified atom stereocenters. The molecule has 0 saturated carbocycles. The van der Waals surface area contributed by atoms with Crippen LogP contribution in [0.15, 0.2) is 95.5 Å².